The molecule has 2 N–H and O–H groups in total. The van der Waals surface area contributed by atoms with E-state index in [1.54, 1.807) is 17.1 Å². The average molecular weight is 260 g/mol. The topological polar surface area (TPSA) is 97.1 Å². The molecule has 0 radical (unpaired) electrons. The summed E-state index contributed by atoms with van der Waals surface area (Å²) in [6.45, 7) is 1.37. The Morgan fingerprint density at radius 3 is 2.88 bits per heavy atom. The van der Waals surface area contributed by atoms with Gasteiger partial charge in [-0.15, -0.1) is 5.10 Å². The maximum atomic E-state index is 11.2. The molecule has 0 amide bonds. The van der Waals surface area contributed by atoms with E-state index >= 15 is 0 Å². The summed E-state index contributed by atoms with van der Waals surface area (Å²) in [6, 6.07) is -0.337. The highest BCUT2D eigenvalue weighted by Crippen LogP contribution is 2.12. The van der Waals surface area contributed by atoms with E-state index in [-0.39, 0.29) is 17.5 Å². The predicted molar refractivity (Wildman–Crippen MR) is 61.1 cm³/mol. The van der Waals surface area contributed by atoms with Crippen LogP contribution in [0.4, 0.5) is 0 Å². The van der Waals surface area contributed by atoms with Gasteiger partial charge < -0.3 is 10.4 Å². The van der Waals surface area contributed by atoms with Gasteiger partial charge >= 0.3 is 0 Å². The third-order valence-electron chi connectivity index (χ3n) is 2.77. The van der Waals surface area contributed by atoms with Crippen molar-refractivity contribution >= 4 is 9.84 Å². The second-order valence-corrected chi connectivity index (χ2v) is 6.38. The van der Waals surface area contributed by atoms with Gasteiger partial charge in [-0.05, 0) is 13.0 Å². The van der Waals surface area contributed by atoms with Crippen LogP contribution in [0.25, 0.3) is 0 Å². The number of aliphatic hydroxyl groups is 1. The molecule has 0 aliphatic carbocycles. The van der Waals surface area contributed by atoms with Gasteiger partial charge in [0, 0.05) is 18.8 Å². The number of hydrogen-bond acceptors (Lipinski definition) is 6. The van der Waals surface area contributed by atoms with Gasteiger partial charge in [0.15, 0.2) is 9.84 Å². The molecule has 2 atom stereocenters. The van der Waals surface area contributed by atoms with Gasteiger partial charge in [0.1, 0.15) is 0 Å². The van der Waals surface area contributed by atoms with E-state index in [0.717, 1.165) is 13.0 Å². The number of nitrogens with one attached hydrogen (secondary N) is 1. The van der Waals surface area contributed by atoms with Crippen molar-refractivity contribution in [1.82, 2.24) is 20.3 Å². The van der Waals surface area contributed by atoms with Crippen molar-refractivity contribution in [2.45, 2.75) is 25.1 Å². The Balaban J connectivity index is 1.69. The number of nitrogens with zero attached hydrogens (tertiary/aromatic N) is 3. The van der Waals surface area contributed by atoms with Crippen LogP contribution in [0.15, 0.2) is 12.4 Å². The van der Waals surface area contributed by atoms with Crippen LogP contribution in [0.3, 0.4) is 0 Å². The number of hydrogen-bond donors (Lipinski definition) is 2. The molecule has 0 aromatic carbocycles. The molecular formula is C9H16N4O3S. The zero-order chi connectivity index (χ0) is 12.3. The second-order valence-electron chi connectivity index (χ2n) is 4.22. The van der Waals surface area contributed by atoms with Crippen LogP contribution in [0.5, 0.6) is 0 Å². The van der Waals surface area contributed by atoms with E-state index in [1.807, 2.05) is 0 Å². The summed E-state index contributed by atoms with van der Waals surface area (Å²) in [7, 11) is -3.07. The number of aryl methyl sites for hydroxylation is 1. The van der Waals surface area contributed by atoms with E-state index < -0.39 is 15.9 Å². The monoisotopic (exact) mass is 260 g/mol. The van der Waals surface area contributed by atoms with Crippen LogP contribution in [0.1, 0.15) is 6.42 Å². The molecule has 96 valence electrons. The molecule has 0 spiro atoms. The van der Waals surface area contributed by atoms with Gasteiger partial charge in [0.05, 0.1) is 23.8 Å². The summed E-state index contributed by atoms with van der Waals surface area (Å²) >= 11 is 0. The molecule has 8 heteroatoms. The molecule has 17 heavy (non-hydrogen) atoms. The predicted octanol–water partition coefficient (Wildman–Crippen LogP) is -1.58. The van der Waals surface area contributed by atoms with Crippen molar-refractivity contribution < 1.29 is 13.5 Å². The highest BCUT2D eigenvalue weighted by molar-refractivity contribution is 7.91. The first kappa shape index (κ1) is 12.5. The Morgan fingerprint density at radius 1 is 1.47 bits per heavy atom. The number of sulfone groups is 1. The fourth-order valence-electron chi connectivity index (χ4n) is 1.90. The molecule has 1 aromatic rings. The fraction of sp³-hybridized carbons (Fsp3) is 0.778. The molecule has 0 bridgehead atoms. The van der Waals surface area contributed by atoms with Gasteiger partial charge in [0.25, 0.3) is 0 Å². The third kappa shape index (κ3) is 3.48. The SMILES string of the molecule is O=S1(=O)CC(O)C(NCCCn2ccnn2)C1. The Morgan fingerprint density at radius 2 is 2.29 bits per heavy atom. The van der Waals surface area contributed by atoms with Crippen LogP contribution in [0, 0.1) is 0 Å². The average Bonchev–Trinajstić information content (AvgIpc) is 2.81. The first-order valence-electron chi connectivity index (χ1n) is 5.53. The molecule has 1 aliphatic rings. The standard InChI is InChI=1S/C9H16N4O3S/c14-9-7-17(15,16)6-8(9)10-2-1-4-13-5-3-11-12-13/h3,5,8-10,14H,1-2,4,6-7H2. The largest absolute Gasteiger partial charge is 0.390 e. The molecule has 2 heterocycles. The van der Waals surface area contributed by atoms with Gasteiger partial charge in [0.2, 0.25) is 0 Å². The lowest BCUT2D eigenvalue weighted by atomic mass is 10.2. The summed E-state index contributed by atoms with van der Waals surface area (Å²) in [5.41, 5.74) is 0. The Hall–Kier alpha value is -0.990. The zero-order valence-corrected chi connectivity index (χ0v) is 10.2. The van der Waals surface area contributed by atoms with Crippen molar-refractivity contribution in [2.75, 3.05) is 18.1 Å². The summed E-state index contributed by atoms with van der Waals surface area (Å²) in [6.07, 6.45) is 3.41. The molecule has 2 rings (SSSR count). The molecule has 1 aliphatic heterocycles. The third-order valence-corrected chi connectivity index (χ3v) is 4.48. The van der Waals surface area contributed by atoms with Gasteiger partial charge in [-0.3, -0.25) is 4.68 Å². The molecular weight excluding hydrogens is 244 g/mol. The van der Waals surface area contributed by atoms with Crippen LogP contribution >= 0.6 is 0 Å². The Labute approximate surface area is 99.7 Å². The molecule has 1 aromatic heterocycles. The van der Waals surface area contributed by atoms with E-state index in [9.17, 15) is 13.5 Å². The Kier molecular flexibility index (Phi) is 3.75. The minimum atomic E-state index is -3.07. The lowest BCUT2D eigenvalue weighted by molar-refractivity contribution is 0.166. The number of aliphatic hydroxyl groups excluding tert-OH is 1. The summed E-state index contributed by atoms with van der Waals surface area (Å²) in [5.74, 6) is -0.106. The molecule has 7 nitrogen and oxygen atoms in total. The summed E-state index contributed by atoms with van der Waals surface area (Å²) < 4.78 is 24.2. The maximum absolute atomic E-state index is 11.2. The molecule has 0 saturated carbocycles. The van der Waals surface area contributed by atoms with Crippen molar-refractivity contribution in [1.29, 1.82) is 0 Å². The molecule has 1 saturated heterocycles. The van der Waals surface area contributed by atoms with Crippen LogP contribution in [-0.4, -0.2) is 58.7 Å². The van der Waals surface area contributed by atoms with Gasteiger partial charge in [-0.2, -0.15) is 0 Å². The van der Waals surface area contributed by atoms with E-state index in [2.05, 4.69) is 15.6 Å². The van der Waals surface area contributed by atoms with Crippen molar-refractivity contribution in [2.24, 2.45) is 0 Å². The molecule has 2 unspecified atom stereocenters. The minimum Gasteiger partial charge on any atom is -0.390 e. The lowest BCUT2D eigenvalue weighted by Crippen LogP contribution is -2.39. The van der Waals surface area contributed by atoms with Crippen LogP contribution < -0.4 is 5.32 Å². The summed E-state index contributed by atoms with van der Waals surface area (Å²) in [4.78, 5) is 0. The molecule has 1 fully saturated rings. The van der Waals surface area contributed by atoms with Crippen molar-refractivity contribution in [3.8, 4) is 0 Å². The lowest BCUT2D eigenvalue weighted by Gasteiger charge is -2.14. The second kappa shape index (κ2) is 5.11. The maximum Gasteiger partial charge on any atom is 0.154 e. The minimum absolute atomic E-state index is 0.0253. The number of rotatable bonds is 5. The fourth-order valence-corrected chi connectivity index (χ4v) is 3.68. The smallest absolute Gasteiger partial charge is 0.154 e. The van der Waals surface area contributed by atoms with E-state index in [4.69, 9.17) is 0 Å². The first-order valence-corrected chi connectivity index (χ1v) is 7.35. The highest BCUT2D eigenvalue weighted by Gasteiger charge is 2.35. The zero-order valence-electron chi connectivity index (χ0n) is 9.36. The van der Waals surface area contributed by atoms with Gasteiger partial charge in [-0.1, -0.05) is 5.21 Å². The Bertz CT molecular complexity index is 445. The van der Waals surface area contributed by atoms with Crippen molar-refractivity contribution in [3.63, 3.8) is 0 Å². The van der Waals surface area contributed by atoms with E-state index in [1.165, 1.54) is 0 Å². The van der Waals surface area contributed by atoms with Crippen LogP contribution in [-0.2, 0) is 16.4 Å². The van der Waals surface area contributed by atoms with Crippen LogP contribution in [0.2, 0.25) is 0 Å². The first-order chi connectivity index (χ1) is 8.07. The normalized spacial score (nSPS) is 27.4. The number of aromatic nitrogens is 3. The van der Waals surface area contributed by atoms with Crippen molar-refractivity contribution in [3.05, 3.63) is 12.4 Å². The van der Waals surface area contributed by atoms with E-state index in [0.29, 0.717) is 6.54 Å². The summed E-state index contributed by atoms with van der Waals surface area (Å²) in [5, 5.41) is 20.1. The highest BCUT2D eigenvalue weighted by atomic mass is 32.2. The quantitative estimate of drug-likeness (QED) is 0.620. The van der Waals surface area contributed by atoms with Gasteiger partial charge in [-0.25, -0.2) is 8.42 Å².